The van der Waals surface area contributed by atoms with Crippen LogP contribution in [0.2, 0.25) is 0 Å². The van der Waals surface area contributed by atoms with E-state index in [9.17, 15) is 13.2 Å². The number of ether oxygens (including phenoxy) is 1. The van der Waals surface area contributed by atoms with Gasteiger partial charge in [-0.05, 0) is 43.4 Å². The molecule has 1 saturated heterocycles. The number of hydrogen-bond acceptors (Lipinski definition) is 6. The predicted octanol–water partition coefficient (Wildman–Crippen LogP) is 3.26. The Kier molecular flexibility index (Phi) is 7.32. The van der Waals surface area contributed by atoms with Crippen molar-refractivity contribution in [3.05, 3.63) is 42.0 Å². The number of imidazole rings is 1. The molecule has 1 fully saturated rings. The van der Waals surface area contributed by atoms with Gasteiger partial charge in [0.05, 0.1) is 28.5 Å². The van der Waals surface area contributed by atoms with Crippen LogP contribution in [-0.2, 0) is 37.9 Å². The first-order valence-corrected chi connectivity index (χ1v) is 13.7. The molecule has 2 aromatic heterocycles. The Balaban J connectivity index is 1.64. The third kappa shape index (κ3) is 5.59. The number of carbonyl (C=O) groups is 1. The SMILES string of the molecule is CCCNC(=O)Cc1cnn(S(=O)(=O)c2ccc3c(c2)nc(C(C)(C)C)n3CC2CCOCC2)c1. The number of rotatable bonds is 8. The molecule has 1 N–H and O–H groups in total. The number of carbonyl (C=O) groups excluding carboxylic acids is 1. The summed E-state index contributed by atoms with van der Waals surface area (Å²) < 4.78 is 35.3. The smallest absolute Gasteiger partial charge is 0.283 e. The van der Waals surface area contributed by atoms with E-state index < -0.39 is 10.0 Å². The largest absolute Gasteiger partial charge is 0.381 e. The molecule has 1 amide bonds. The molecule has 0 spiro atoms. The van der Waals surface area contributed by atoms with Crippen molar-refractivity contribution in [3.63, 3.8) is 0 Å². The zero-order valence-electron chi connectivity index (χ0n) is 21.0. The van der Waals surface area contributed by atoms with Gasteiger partial charge in [-0.1, -0.05) is 27.7 Å². The molecular weight excluding hydrogens is 466 g/mol. The van der Waals surface area contributed by atoms with E-state index in [2.05, 4.69) is 35.8 Å². The molecule has 9 nitrogen and oxygen atoms in total. The van der Waals surface area contributed by atoms with Crippen LogP contribution < -0.4 is 5.32 Å². The minimum absolute atomic E-state index is 0.0834. The first kappa shape index (κ1) is 25.4. The molecule has 0 unspecified atom stereocenters. The number of fused-ring (bicyclic) bond motifs is 1. The Labute approximate surface area is 206 Å². The second-order valence-electron chi connectivity index (χ2n) is 10.3. The number of hydrogen-bond donors (Lipinski definition) is 1. The molecule has 0 bridgehead atoms. The molecule has 3 aromatic rings. The summed E-state index contributed by atoms with van der Waals surface area (Å²) in [5, 5.41) is 6.81. The van der Waals surface area contributed by atoms with Crippen molar-refractivity contribution >= 4 is 27.0 Å². The summed E-state index contributed by atoms with van der Waals surface area (Å²) in [4.78, 5) is 17.0. The van der Waals surface area contributed by atoms with E-state index in [1.54, 1.807) is 12.1 Å². The maximum atomic E-state index is 13.3. The lowest BCUT2D eigenvalue weighted by Gasteiger charge is -2.26. The first-order valence-electron chi connectivity index (χ1n) is 12.2. The van der Waals surface area contributed by atoms with Crippen LogP contribution in [0.3, 0.4) is 0 Å². The fraction of sp³-hybridized carbons (Fsp3) is 0.560. The fourth-order valence-electron chi connectivity index (χ4n) is 4.40. The molecule has 0 atom stereocenters. The van der Waals surface area contributed by atoms with E-state index in [1.165, 1.54) is 12.4 Å². The van der Waals surface area contributed by atoms with Gasteiger partial charge in [0, 0.05) is 43.5 Å². The van der Waals surface area contributed by atoms with Gasteiger partial charge in [0.15, 0.2) is 0 Å². The number of amides is 1. The zero-order valence-corrected chi connectivity index (χ0v) is 21.8. The van der Waals surface area contributed by atoms with Gasteiger partial charge in [0.25, 0.3) is 10.0 Å². The molecule has 190 valence electrons. The Hall–Kier alpha value is -2.72. The highest BCUT2D eigenvalue weighted by atomic mass is 32.2. The standard InChI is InChI=1S/C25H35N5O4S/c1-5-10-26-23(31)13-19-15-27-30(17-19)35(32,33)20-6-7-22-21(14-20)28-24(25(2,3)4)29(22)16-18-8-11-34-12-9-18/h6-7,14-15,17-18H,5,8-13,16H2,1-4H3,(H,26,31). The number of benzene rings is 1. The average molecular weight is 502 g/mol. The summed E-state index contributed by atoms with van der Waals surface area (Å²) in [7, 11) is -3.92. The van der Waals surface area contributed by atoms with Crippen LogP contribution in [-0.4, -0.2) is 52.8 Å². The van der Waals surface area contributed by atoms with E-state index in [0.717, 1.165) is 54.4 Å². The van der Waals surface area contributed by atoms with Gasteiger partial charge >= 0.3 is 0 Å². The van der Waals surface area contributed by atoms with Crippen molar-refractivity contribution in [1.82, 2.24) is 24.1 Å². The molecule has 1 aliphatic rings. The lowest BCUT2D eigenvalue weighted by molar-refractivity contribution is -0.120. The number of nitrogens with zero attached hydrogens (tertiary/aromatic N) is 4. The molecule has 1 aliphatic heterocycles. The first-order chi connectivity index (χ1) is 16.6. The van der Waals surface area contributed by atoms with E-state index in [4.69, 9.17) is 9.72 Å². The van der Waals surface area contributed by atoms with E-state index in [0.29, 0.717) is 23.5 Å². The van der Waals surface area contributed by atoms with Crippen molar-refractivity contribution < 1.29 is 17.9 Å². The number of nitrogens with one attached hydrogen (secondary N) is 1. The summed E-state index contributed by atoms with van der Waals surface area (Å²) in [6.07, 6.45) is 5.75. The van der Waals surface area contributed by atoms with Gasteiger partial charge in [-0.25, -0.2) is 4.98 Å². The summed E-state index contributed by atoms with van der Waals surface area (Å²) in [5.74, 6) is 1.28. The van der Waals surface area contributed by atoms with Crippen LogP contribution in [0.25, 0.3) is 11.0 Å². The van der Waals surface area contributed by atoms with Gasteiger partial charge in [0.2, 0.25) is 5.91 Å². The summed E-state index contributed by atoms with van der Waals surface area (Å²) in [6, 6.07) is 5.07. The maximum absolute atomic E-state index is 13.3. The van der Waals surface area contributed by atoms with Crippen molar-refractivity contribution in [2.75, 3.05) is 19.8 Å². The Morgan fingerprint density at radius 2 is 1.97 bits per heavy atom. The monoisotopic (exact) mass is 501 g/mol. The van der Waals surface area contributed by atoms with Crippen LogP contribution in [0.4, 0.5) is 0 Å². The van der Waals surface area contributed by atoms with Gasteiger partial charge in [-0.3, -0.25) is 4.79 Å². The van der Waals surface area contributed by atoms with Gasteiger partial charge in [0.1, 0.15) is 5.82 Å². The van der Waals surface area contributed by atoms with Gasteiger partial charge in [-0.15, -0.1) is 0 Å². The maximum Gasteiger partial charge on any atom is 0.283 e. The van der Waals surface area contributed by atoms with Crippen LogP contribution >= 0.6 is 0 Å². The lowest BCUT2D eigenvalue weighted by Crippen LogP contribution is -2.25. The van der Waals surface area contributed by atoms with E-state index in [1.807, 2.05) is 13.0 Å². The molecule has 4 rings (SSSR count). The highest BCUT2D eigenvalue weighted by Gasteiger charge is 2.27. The van der Waals surface area contributed by atoms with Crippen LogP contribution in [0.1, 0.15) is 58.3 Å². The molecule has 0 aliphatic carbocycles. The van der Waals surface area contributed by atoms with Crippen molar-refractivity contribution in [1.29, 1.82) is 0 Å². The quantitative estimate of drug-likeness (QED) is 0.508. The van der Waals surface area contributed by atoms with E-state index in [-0.39, 0.29) is 22.6 Å². The van der Waals surface area contributed by atoms with Crippen LogP contribution in [0.5, 0.6) is 0 Å². The normalized spacial score (nSPS) is 15.5. The van der Waals surface area contributed by atoms with Gasteiger partial charge < -0.3 is 14.6 Å². The zero-order chi connectivity index (χ0) is 25.2. The third-order valence-electron chi connectivity index (χ3n) is 6.27. The Morgan fingerprint density at radius 1 is 1.23 bits per heavy atom. The predicted molar refractivity (Wildman–Crippen MR) is 134 cm³/mol. The third-order valence-corrected chi connectivity index (χ3v) is 7.81. The summed E-state index contributed by atoms with van der Waals surface area (Å²) in [6.45, 7) is 11.3. The van der Waals surface area contributed by atoms with Crippen molar-refractivity contribution in [2.24, 2.45) is 5.92 Å². The van der Waals surface area contributed by atoms with Crippen molar-refractivity contribution in [3.8, 4) is 0 Å². The Morgan fingerprint density at radius 3 is 2.66 bits per heavy atom. The number of aromatic nitrogens is 4. The molecular formula is C25H35N5O4S. The second-order valence-corrected chi connectivity index (χ2v) is 12.1. The molecule has 0 saturated carbocycles. The average Bonchev–Trinajstić information content (AvgIpc) is 3.43. The van der Waals surface area contributed by atoms with Crippen LogP contribution in [0.15, 0.2) is 35.5 Å². The van der Waals surface area contributed by atoms with Crippen molar-refractivity contribution in [2.45, 2.75) is 70.2 Å². The molecule has 35 heavy (non-hydrogen) atoms. The highest BCUT2D eigenvalue weighted by Crippen LogP contribution is 2.30. The highest BCUT2D eigenvalue weighted by molar-refractivity contribution is 7.89. The lowest BCUT2D eigenvalue weighted by atomic mass is 9.94. The summed E-state index contributed by atoms with van der Waals surface area (Å²) >= 11 is 0. The van der Waals surface area contributed by atoms with Gasteiger partial charge in [-0.2, -0.15) is 17.6 Å². The minimum atomic E-state index is -3.92. The van der Waals surface area contributed by atoms with Crippen LogP contribution in [0, 0.1) is 5.92 Å². The fourth-order valence-corrected chi connectivity index (χ4v) is 5.56. The molecule has 3 heterocycles. The van der Waals surface area contributed by atoms with E-state index >= 15 is 0 Å². The molecule has 10 heteroatoms. The second kappa shape index (κ2) is 10.1. The minimum Gasteiger partial charge on any atom is -0.381 e. The Bertz CT molecular complexity index is 1300. The summed E-state index contributed by atoms with van der Waals surface area (Å²) in [5.41, 5.74) is 1.92. The topological polar surface area (TPSA) is 108 Å². The molecule has 0 radical (unpaired) electrons. The molecule has 1 aromatic carbocycles.